The Hall–Kier alpha value is -1.95. The maximum atomic E-state index is 12.4. The number of carbonyl (C=O) groups excluding carboxylic acids is 3. The number of aliphatic hydroxyl groups is 1. The first-order valence-corrected chi connectivity index (χ1v) is 9.99. The zero-order valence-electron chi connectivity index (χ0n) is 17.4. The minimum atomic E-state index is -1.20. The molecule has 6 nitrogen and oxygen atoms in total. The molecular weight excluding hydrogens is 360 g/mol. The van der Waals surface area contributed by atoms with Gasteiger partial charge in [-0.3, -0.25) is 9.59 Å². The van der Waals surface area contributed by atoms with Crippen LogP contribution < -0.4 is 0 Å². The summed E-state index contributed by atoms with van der Waals surface area (Å²) < 4.78 is 11.1. The normalized spacial score (nSPS) is 35.8. The van der Waals surface area contributed by atoms with Crippen LogP contribution in [0.2, 0.25) is 0 Å². The Labute approximate surface area is 167 Å². The van der Waals surface area contributed by atoms with E-state index in [1.165, 1.54) is 6.92 Å². The van der Waals surface area contributed by atoms with Gasteiger partial charge in [0.05, 0.1) is 5.60 Å². The molecule has 0 aromatic rings. The Balaban J connectivity index is 2.44. The van der Waals surface area contributed by atoms with Gasteiger partial charge in [-0.2, -0.15) is 0 Å². The predicted molar refractivity (Wildman–Crippen MR) is 104 cm³/mol. The van der Waals surface area contributed by atoms with Crippen molar-refractivity contribution in [3.8, 4) is 0 Å². The van der Waals surface area contributed by atoms with Crippen molar-refractivity contribution >= 4 is 17.7 Å². The van der Waals surface area contributed by atoms with Crippen molar-refractivity contribution in [3.05, 3.63) is 23.8 Å². The summed E-state index contributed by atoms with van der Waals surface area (Å²) >= 11 is 0. The lowest BCUT2D eigenvalue weighted by Gasteiger charge is -2.35. The van der Waals surface area contributed by atoms with Gasteiger partial charge in [0.15, 0.2) is 0 Å². The molecule has 28 heavy (non-hydrogen) atoms. The van der Waals surface area contributed by atoms with Gasteiger partial charge in [-0.1, -0.05) is 32.9 Å². The molecule has 2 bridgehead atoms. The number of Topliss-reactive ketones (excluding diaryl/α,β-unsaturated/α-hetero) is 1. The molecule has 0 fully saturated rings. The first-order chi connectivity index (χ1) is 13.0. The van der Waals surface area contributed by atoms with E-state index in [9.17, 15) is 19.5 Å². The Morgan fingerprint density at radius 1 is 1.36 bits per heavy atom. The topological polar surface area (TPSA) is 89.9 Å². The minimum Gasteiger partial charge on any atom is -0.462 e. The highest BCUT2D eigenvalue weighted by Gasteiger charge is 2.42. The van der Waals surface area contributed by atoms with E-state index < -0.39 is 29.7 Å². The third kappa shape index (κ3) is 6.03. The largest absolute Gasteiger partial charge is 0.462 e. The van der Waals surface area contributed by atoms with E-state index in [0.717, 1.165) is 0 Å². The molecule has 1 unspecified atom stereocenters. The molecule has 0 radical (unpaired) electrons. The van der Waals surface area contributed by atoms with E-state index in [1.807, 2.05) is 26.8 Å². The first-order valence-electron chi connectivity index (χ1n) is 9.99. The van der Waals surface area contributed by atoms with Crippen molar-refractivity contribution < 1.29 is 29.0 Å². The second-order valence-electron chi connectivity index (χ2n) is 8.76. The van der Waals surface area contributed by atoms with E-state index in [-0.39, 0.29) is 36.4 Å². The Kier molecular flexibility index (Phi) is 7.21. The van der Waals surface area contributed by atoms with E-state index in [0.29, 0.717) is 18.4 Å². The monoisotopic (exact) mass is 392 g/mol. The molecule has 5 atom stereocenters. The van der Waals surface area contributed by atoms with Gasteiger partial charge >= 0.3 is 11.9 Å². The molecule has 0 amide bonds. The summed E-state index contributed by atoms with van der Waals surface area (Å²) in [5.41, 5.74) is -0.829. The van der Waals surface area contributed by atoms with Crippen molar-refractivity contribution in [2.24, 2.45) is 17.8 Å². The molecule has 2 rings (SSSR count). The Morgan fingerprint density at radius 2 is 2.04 bits per heavy atom. The standard InChI is InChI=1S/C22H32O6/c1-13(2)20-18-11-16(21(25)28-18)10-17(24)9-14(3)7-6-8-22(5,26)12-19(20)27-15(4)23/h6,8,11,13-14,18-20,26H,7,9-10,12H2,1-5H3/b8-6+/t14?,18-,19+,20+,22-/m1/s1. The molecule has 0 spiro atoms. The van der Waals surface area contributed by atoms with Gasteiger partial charge in [-0.05, 0) is 31.3 Å². The van der Waals surface area contributed by atoms with Gasteiger partial charge < -0.3 is 14.6 Å². The van der Waals surface area contributed by atoms with Gasteiger partial charge in [0, 0.05) is 37.7 Å². The van der Waals surface area contributed by atoms with Crippen LogP contribution in [0.4, 0.5) is 0 Å². The van der Waals surface area contributed by atoms with Gasteiger partial charge in [0.2, 0.25) is 0 Å². The van der Waals surface area contributed by atoms with Crippen LogP contribution in [0.5, 0.6) is 0 Å². The number of fused-ring (bicyclic) bond motifs is 1. The average molecular weight is 392 g/mol. The number of rotatable bonds is 2. The summed E-state index contributed by atoms with van der Waals surface area (Å²) in [4.78, 5) is 36.4. The van der Waals surface area contributed by atoms with Crippen molar-refractivity contribution in [2.45, 2.75) is 78.1 Å². The molecule has 0 saturated heterocycles. The van der Waals surface area contributed by atoms with Crippen LogP contribution in [-0.4, -0.2) is 40.6 Å². The van der Waals surface area contributed by atoms with E-state index in [1.54, 1.807) is 19.1 Å². The Morgan fingerprint density at radius 3 is 2.64 bits per heavy atom. The molecule has 1 heterocycles. The Bertz CT molecular complexity index is 673. The summed E-state index contributed by atoms with van der Waals surface area (Å²) in [6.45, 7) is 8.88. The lowest BCUT2D eigenvalue weighted by atomic mass is 9.80. The van der Waals surface area contributed by atoms with Crippen molar-refractivity contribution in [1.82, 2.24) is 0 Å². The van der Waals surface area contributed by atoms with Crippen LogP contribution in [0.25, 0.3) is 0 Å². The fourth-order valence-electron chi connectivity index (χ4n) is 4.10. The molecule has 0 aromatic heterocycles. The quantitative estimate of drug-likeness (QED) is 0.574. The number of carbonyl (C=O) groups is 3. The molecule has 1 aliphatic carbocycles. The molecule has 0 saturated carbocycles. The molecular formula is C22H32O6. The zero-order chi connectivity index (χ0) is 21.1. The van der Waals surface area contributed by atoms with Crippen LogP contribution in [0, 0.1) is 17.8 Å². The number of hydrogen-bond acceptors (Lipinski definition) is 6. The van der Waals surface area contributed by atoms with Gasteiger partial charge in [-0.15, -0.1) is 0 Å². The van der Waals surface area contributed by atoms with E-state index in [4.69, 9.17) is 9.47 Å². The summed E-state index contributed by atoms with van der Waals surface area (Å²) in [6.07, 6.45) is 5.29. The van der Waals surface area contributed by atoms with Crippen LogP contribution in [0.3, 0.4) is 0 Å². The number of esters is 2. The molecule has 2 aliphatic rings. The third-order valence-corrected chi connectivity index (χ3v) is 5.36. The summed E-state index contributed by atoms with van der Waals surface area (Å²) in [5.74, 6) is -1.16. The fraction of sp³-hybridized carbons (Fsp3) is 0.682. The average Bonchev–Trinajstić information content (AvgIpc) is 2.84. The van der Waals surface area contributed by atoms with Crippen LogP contribution >= 0.6 is 0 Å². The SMILES string of the molecule is CC(=O)O[C@H]1C[C@](C)(O)/C=C/CC(C)CC(=O)CC2=C[C@@H](OC2=O)[C@@H]1C(C)C. The summed E-state index contributed by atoms with van der Waals surface area (Å²) in [6, 6.07) is 0. The van der Waals surface area contributed by atoms with E-state index >= 15 is 0 Å². The van der Waals surface area contributed by atoms with Crippen LogP contribution in [-0.2, 0) is 23.9 Å². The predicted octanol–water partition coefficient (Wildman–Crippen LogP) is 3.13. The van der Waals surface area contributed by atoms with Gasteiger partial charge in [0.25, 0.3) is 0 Å². The van der Waals surface area contributed by atoms with Crippen LogP contribution in [0.1, 0.15) is 60.3 Å². The van der Waals surface area contributed by atoms with Crippen molar-refractivity contribution in [1.29, 1.82) is 0 Å². The summed E-state index contributed by atoms with van der Waals surface area (Å²) in [5, 5.41) is 10.9. The minimum absolute atomic E-state index is 0.00815. The van der Waals surface area contributed by atoms with Crippen molar-refractivity contribution in [2.75, 3.05) is 0 Å². The molecule has 1 aliphatic heterocycles. The maximum Gasteiger partial charge on any atom is 0.334 e. The number of allylic oxidation sites excluding steroid dienone is 1. The molecule has 1 N–H and O–H groups in total. The van der Waals surface area contributed by atoms with Gasteiger partial charge in [-0.25, -0.2) is 4.79 Å². The zero-order valence-corrected chi connectivity index (χ0v) is 17.4. The second-order valence-corrected chi connectivity index (χ2v) is 8.76. The number of ether oxygens (including phenoxy) is 2. The highest BCUT2D eigenvalue weighted by Crippen LogP contribution is 2.35. The highest BCUT2D eigenvalue weighted by atomic mass is 16.6. The lowest BCUT2D eigenvalue weighted by Crippen LogP contribution is -2.42. The number of hydrogen-bond donors (Lipinski definition) is 1. The number of ketones is 1. The fourth-order valence-corrected chi connectivity index (χ4v) is 4.10. The maximum absolute atomic E-state index is 12.4. The molecule has 156 valence electrons. The molecule has 0 aromatic carbocycles. The third-order valence-electron chi connectivity index (χ3n) is 5.36. The van der Waals surface area contributed by atoms with Crippen LogP contribution in [0.15, 0.2) is 23.8 Å². The van der Waals surface area contributed by atoms with Crippen molar-refractivity contribution in [3.63, 3.8) is 0 Å². The van der Waals surface area contributed by atoms with E-state index in [2.05, 4.69) is 0 Å². The molecule has 6 heteroatoms. The summed E-state index contributed by atoms with van der Waals surface area (Å²) in [7, 11) is 0. The van der Waals surface area contributed by atoms with Gasteiger partial charge in [0.1, 0.15) is 18.0 Å². The lowest BCUT2D eigenvalue weighted by molar-refractivity contribution is -0.159. The highest BCUT2D eigenvalue weighted by molar-refractivity contribution is 5.97. The second kappa shape index (κ2) is 9.03. The first kappa shape index (κ1) is 22.3. The smallest absolute Gasteiger partial charge is 0.334 e.